The lowest BCUT2D eigenvalue weighted by Crippen LogP contribution is -2.14. The molecule has 174 valence electrons. The van der Waals surface area contributed by atoms with E-state index in [0.717, 1.165) is 5.75 Å². The molecule has 2 N–H and O–H groups in total. The highest BCUT2D eigenvalue weighted by Crippen LogP contribution is 2.20. The fourth-order valence-electron chi connectivity index (χ4n) is 2.91. The molecular formula is C24H21N3O5S2. The number of ether oxygens (including phenoxy) is 2. The minimum Gasteiger partial charge on any atom is -0.490 e. The number of rotatable bonds is 10. The number of hydrogen-bond donors (Lipinski definition) is 2. The number of nitrogens with zero attached hydrogens (tertiary/aromatic N) is 1. The zero-order valence-corrected chi connectivity index (χ0v) is 19.5. The van der Waals surface area contributed by atoms with Crippen molar-refractivity contribution in [1.82, 2.24) is 4.98 Å². The van der Waals surface area contributed by atoms with Gasteiger partial charge < -0.3 is 14.8 Å². The molecule has 0 atom stereocenters. The summed E-state index contributed by atoms with van der Waals surface area (Å²) < 4.78 is 38.4. The summed E-state index contributed by atoms with van der Waals surface area (Å²) >= 11 is 1.19. The number of aromatic nitrogens is 1. The molecular weight excluding hydrogens is 474 g/mol. The van der Waals surface area contributed by atoms with Crippen molar-refractivity contribution in [2.75, 3.05) is 23.3 Å². The average Bonchev–Trinajstić information content (AvgIpc) is 3.35. The lowest BCUT2D eigenvalue weighted by Gasteiger charge is -2.10. The van der Waals surface area contributed by atoms with E-state index in [2.05, 4.69) is 15.0 Å². The van der Waals surface area contributed by atoms with Crippen molar-refractivity contribution in [3.63, 3.8) is 0 Å². The second-order valence-corrected chi connectivity index (χ2v) is 9.53. The van der Waals surface area contributed by atoms with Crippen molar-refractivity contribution < 1.29 is 22.7 Å². The number of amides is 1. The summed E-state index contributed by atoms with van der Waals surface area (Å²) in [4.78, 5) is 16.5. The first-order valence-corrected chi connectivity index (χ1v) is 12.6. The summed E-state index contributed by atoms with van der Waals surface area (Å²) in [5.74, 6) is 1.07. The Kier molecular flexibility index (Phi) is 7.41. The molecule has 8 nitrogen and oxygen atoms in total. The number of anilines is 2. The molecule has 1 aromatic heterocycles. The van der Waals surface area contributed by atoms with Gasteiger partial charge in [0.25, 0.3) is 15.9 Å². The third-order valence-corrected chi connectivity index (χ3v) is 6.73. The number of carbonyl (C=O) groups excluding carboxylic acids is 1. The fourth-order valence-corrected chi connectivity index (χ4v) is 4.70. The molecule has 0 aliphatic heterocycles. The topological polar surface area (TPSA) is 107 Å². The Balaban J connectivity index is 1.27. The molecule has 0 fully saturated rings. The van der Waals surface area contributed by atoms with Gasteiger partial charge in [-0.15, -0.1) is 11.3 Å². The molecule has 0 radical (unpaired) electrons. The van der Waals surface area contributed by atoms with E-state index in [0.29, 0.717) is 30.2 Å². The van der Waals surface area contributed by atoms with Gasteiger partial charge in [-0.3, -0.25) is 9.52 Å². The number of sulfonamides is 1. The first-order valence-electron chi connectivity index (χ1n) is 10.2. The molecule has 1 heterocycles. The van der Waals surface area contributed by atoms with E-state index in [1.165, 1.54) is 41.8 Å². The quantitative estimate of drug-likeness (QED) is 0.310. The van der Waals surface area contributed by atoms with E-state index >= 15 is 0 Å². The van der Waals surface area contributed by atoms with E-state index < -0.39 is 10.0 Å². The van der Waals surface area contributed by atoms with Gasteiger partial charge in [-0.25, -0.2) is 13.4 Å². The Labute approximate surface area is 201 Å². The van der Waals surface area contributed by atoms with Gasteiger partial charge in [-0.1, -0.05) is 18.2 Å². The summed E-state index contributed by atoms with van der Waals surface area (Å²) in [6.45, 7) is 0.768. The molecule has 0 unspecified atom stereocenters. The van der Waals surface area contributed by atoms with E-state index in [4.69, 9.17) is 9.47 Å². The van der Waals surface area contributed by atoms with Crippen LogP contribution in [0.4, 0.5) is 10.8 Å². The van der Waals surface area contributed by atoms with Gasteiger partial charge in [-0.2, -0.15) is 0 Å². The molecule has 0 bridgehead atoms. The molecule has 1 amide bonds. The standard InChI is InChI=1S/C24H21N3O5S2/c28-23(18-6-10-21(11-7-18)32-16-15-31-20-4-2-1-3-5-20)26-19-8-12-22(13-9-19)34(29,30)27-24-25-14-17-33-24/h1-14,17H,15-16H2,(H,25,27)(H,26,28). The van der Waals surface area contributed by atoms with Crippen molar-refractivity contribution in [2.24, 2.45) is 0 Å². The van der Waals surface area contributed by atoms with Gasteiger partial charge in [0.1, 0.15) is 24.7 Å². The molecule has 3 aromatic carbocycles. The highest BCUT2D eigenvalue weighted by molar-refractivity contribution is 7.93. The van der Waals surface area contributed by atoms with E-state index in [1.807, 2.05) is 30.3 Å². The van der Waals surface area contributed by atoms with Crippen LogP contribution in [0.15, 0.2) is 95.3 Å². The molecule has 0 aliphatic rings. The maximum atomic E-state index is 12.5. The number of carbonyl (C=O) groups is 1. The molecule has 0 spiro atoms. The Hall–Kier alpha value is -3.89. The first kappa shape index (κ1) is 23.3. The normalized spacial score (nSPS) is 10.9. The third-order valence-electron chi connectivity index (χ3n) is 4.56. The second-order valence-electron chi connectivity index (χ2n) is 6.96. The zero-order valence-electron chi connectivity index (χ0n) is 17.9. The van der Waals surface area contributed by atoms with Crippen molar-refractivity contribution >= 4 is 38.1 Å². The smallest absolute Gasteiger partial charge is 0.263 e. The summed E-state index contributed by atoms with van der Waals surface area (Å²) in [7, 11) is -3.75. The summed E-state index contributed by atoms with van der Waals surface area (Å²) in [5.41, 5.74) is 0.909. The van der Waals surface area contributed by atoms with Gasteiger partial charge in [0.15, 0.2) is 5.13 Å². The van der Waals surface area contributed by atoms with Gasteiger partial charge in [0, 0.05) is 22.8 Å². The van der Waals surface area contributed by atoms with Crippen LogP contribution in [-0.2, 0) is 10.0 Å². The number of thiazole rings is 1. The minimum absolute atomic E-state index is 0.0680. The maximum absolute atomic E-state index is 12.5. The Morgan fingerprint density at radius 3 is 2.12 bits per heavy atom. The number of nitrogens with one attached hydrogen (secondary N) is 2. The Morgan fingerprint density at radius 2 is 1.50 bits per heavy atom. The van der Waals surface area contributed by atoms with Gasteiger partial charge in [0.2, 0.25) is 0 Å². The van der Waals surface area contributed by atoms with E-state index in [9.17, 15) is 13.2 Å². The minimum atomic E-state index is -3.75. The highest BCUT2D eigenvalue weighted by atomic mass is 32.2. The molecule has 34 heavy (non-hydrogen) atoms. The predicted molar refractivity (Wildman–Crippen MR) is 131 cm³/mol. The van der Waals surface area contributed by atoms with Crippen LogP contribution in [0, 0.1) is 0 Å². The van der Waals surface area contributed by atoms with Crippen molar-refractivity contribution in [1.29, 1.82) is 0 Å². The fraction of sp³-hybridized carbons (Fsp3) is 0.0833. The number of hydrogen-bond acceptors (Lipinski definition) is 7. The zero-order chi connectivity index (χ0) is 23.8. The van der Waals surface area contributed by atoms with Crippen molar-refractivity contribution in [3.05, 3.63) is 96.0 Å². The van der Waals surface area contributed by atoms with Crippen LogP contribution >= 0.6 is 11.3 Å². The summed E-state index contributed by atoms with van der Waals surface area (Å²) in [6.07, 6.45) is 1.51. The molecule has 4 aromatic rings. The van der Waals surface area contributed by atoms with E-state index in [1.54, 1.807) is 29.6 Å². The van der Waals surface area contributed by atoms with Crippen LogP contribution < -0.4 is 19.5 Å². The van der Waals surface area contributed by atoms with Gasteiger partial charge >= 0.3 is 0 Å². The van der Waals surface area contributed by atoms with Crippen LogP contribution in [0.1, 0.15) is 10.4 Å². The lowest BCUT2D eigenvalue weighted by molar-refractivity contribution is 0.102. The van der Waals surface area contributed by atoms with Crippen LogP contribution in [-0.4, -0.2) is 32.5 Å². The highest BCUT2D eigenvalue weighted by Gasteiger charge is 2.15. The lowest BCUT2D eigenvalue weighted by atomic mass is 10.2. The molecule has 0 saturated carbocycles. The summed E-state index contributed by atoms with van der Waals surface area (Å²) in [6, 6.07) is 22.1. The Morgan fingerprint density at radius 1 is 0.853 bits per heavy atom. The summed E-state index contributed by atoms with van der Waals surface area (Å²) in [5, 5.41) is 4.71. The largest absolute Gasteiger partial charge is 0.490 e. The van der Waals surface area contributed by atoms with E-state index in [-0.39, 0.29) is 15.9 Å². The monoisotopic (exact) mass is 495 g/mol. The Bertz CT molecular complexity index is 1310. The predicted octanol–water partition coefficient (Wildman–Crippen LogP) is 4.65. The van der Waals surface area contributed by atoms with Crippen molar-refractivity contribution in [3.8, 4) is 11.5 Å². The van der Waals surface area contributed by atoms with Crippen molar-refractivity contribution in [2.45, 2.75) is 4.90 Å². The van der Waals surface area contributed by atoms with Gasteiger partial charge in [0.05, 0.1) is 4.90 Å². The van der Waals surface area contributed by atoms with Crippen LogP contribution in [0.25, 0.3) is 0 Å². The maximum Gasteiger partial charge on any atom is 0.263 e. The van der Waals surface area contributed by atoms with Crippen LogP contribution in [0.5, 0.6) is 11.5 Å². The SMILES string of the molecule is O=C(Nc1ccc(S(=O)(=O)Nc2nccs2)cc1)c1ccc(OCCOc2ccccc2)cc1. The number of benzene rings is 3. The molecule has 4 rings (SSSR count). The van der Waals surface area contributed by atoms with Gasteiger partial charge in [-0.05, 0) is 60.7 Å². The second kappa shape index (κ2) is 10.8. The first-order chi connectivity index (χ1) is 16.5. The molecule has 10 heteroatoms. The number of para-hydroxylation sites is 1. The molecule has 0 saturated heterocycles. The third kappa shape index (κ3) is 6.33. The van der Waals surface area contributed by atoms with Crippen LogP contribution in [0.2, 0.25) is 0 Å². The van der Waals surface area contributed by atoms with Crippen LogP contribution in [0.3, 0.4) is 0 Å². The average molecular weight is 496 g/mol. The molecule has 0 aliphatic carbocycles.